The van der Waals surface area contributed by atoms with E-state index in [1.165, 1.54) is 30.5 Å². The van der Waals surface area contributed by atoms with Gasteiger partial charge < -0.3 is 14.1 Å². The second kappa shape index (κ2) is 7.95. The summed E-state index contributed by atoms with van der Waals surface area (Å²) in [5.41, 5.74) is 3.68. The molecular formula is C25H30N2O3. The molecule has 1 saturated heterocycles. The molecule has 1 saturated carbocycles. The zero-order valence-corrected chi connectivity index (χ0v) is 17.8. The number of likely N-dealkylation sites (tertiary alicyclic amines) is 1. The summed E-state index contributed by atoms with van der Waals surface area (Å²) >= 11 is 0. The van der Waals surface area contributed by atoms with Crippen molar-refractivity contribution >= 4 is 12.0 Å². The normalized spacial score (nSPS) is 25.9. The second-order valence-corrected chi connectivity index (χ2v) is 9.00. The van der Waals surface area contributed by atoms with Crippen LogP contribution in [0.15, 0.2) is 47.3 Å². The van der Waals surface area contributed by atoms with Crippen LogP contribution in [0.3, 0.4) is 0 Å². The molecular weight excluding hydrogens is 376 g/mol. The lowest BCUT2D eigenvalue weighted by atomic mass is 9.71. The standard InChI is InChI=1S/C25H30N2O3/c1-26(24(28)8-5-18-10-12-30-16-18)25-21-9-11-27(15-17-3-4-17)23(25)13-19-6-7-20(29-2)14-22(19)21/h5-8,10,12,14,16-17,21,23,25H,3-4,9,11,13,15H2,1-2H3. The summed E-state index contributed by atoms with van der Waals surface area (Å²) in [5, 5.41) is 0. The summed E-state index contributed by atoms with van der Waals surface area (Å²) in [6.45, 7) is 2.29. The minimum Gasteiger partial charge on any atom is -0.497 e. The Balaban J connectivity index is 1.45. The molecule has 2 aromatic rings. The van der Waals surface area contributed by atoms with Crippen LogP contribution in [-0.2, 0) is 11.2 Å². The van der Waals surface area contributed by atoms with E-state index in [0.717, 1.165) is 36.6 Å². The molecule has 3 atom stereocenters. The number of hydrogen-bond donors (Lipinski definition) is 0. The van der Waals surface area contributed by atoms with E-state index in [2.05, 4.69) is 23.1 Å². The van der Waals surface area contributed by atoms with Gasteiger partial charge in [0.05, 0.1) is 25.7 Å². The summed E-state index contributed by atoms with van der Waals surface area (Å²) in [5.74, 6) is 2.15. The number of benzene rings is 1. The number of fused-ring (bicyclic) bond motifs is 4. The zero-order chi connectivity index (χ0) is 20.7. The molecule has 1 aromatic carbocycles. The average Bonchev–Trinajstić information content (AvgIpc) is 3.43. The highest BCUT2D eigenvalue weighted by Gasteiger charge is 2.46. The van der Waals surface area contributed by atoms with Crippen LogP contribution in [0.2, 0.25) is 0 Å². The number of nitrogens with zero attached hydrogens (tertiary/aromatic N) is 2. The lowest BCUT2D eigenvalue weighted by molar-refractivity contribution is -0.130. The second-order valence-electron chi connectivity index (χ2n) is 9.00. The van der Waals surface area contributed by atoms with Crippen LogP contribution in [-0.4, -0.2) is 55.0 Å². The quantitative estimate of drug-likeness (QED) is 0.682. The summed E-state index contributed by atoms with van der Waals surface area (Å²) < 4.78 is 10.6. The predicted octanol–water partition coefficient (Wildman–Crippen LogP) is 3.95. The molecule has 2 heterocycles. The van der Waals surface area contributed by atoms with E-state index in [-0.39, 0.29) is 11.9 Å². The summed E-state index contributed by atoms with van der Waals surface area (Å²) in [6.07, 6.45) is 11.6. The van der Waals surface area contributed by atoms with E-state index in [1.807, 2.05) is 24.1 Å². The lowest BCUT2D eigenvalue weighted by Crippen LogP contribution is -2.61. The first kappa shape index (κ1) is 19.4. The molecule has 0 spiro atoms. The number of rotatable bonds is 6. The molecule has 158 valence electrons. The maximum Gasteiger partial charge on any atom is 0.246 e. The van der Waals surface area contributed by atoms with E-state index in [1.54, 1.807) is 25.7 Å². The van der Waals surface area contributed by atoms with Crippen molar-refractivity contribution in [3.63, 3.8) is 0 Å². The first-order chi connectivity index (χ1) is 14.6. The molecule has 30 heavy (non-hydrogen) atoms. The minimum atomic E-state index is 0.0517. The summed E-state index contributed by atoms with van der Waals surface area (Å²) in [7, 11) is 3.69. The van der Waals surface area contributed by atoms with Gasteiger partial charge >= 0.3 is 0 Å². The first-order valence-electron chi connectivity index (χ1n) is 11.0. The van der Waals surface area contributed by atoms with Gasteiger partial charge in [0.2, 0.25) is 5.91 Å². The molecule has 1 amide bonds. The Bertz CT molecular complexity index is 932. The third kappa shape index (κ3) is 3.67. The summed E-state index contributed by atoms with van der Waals surface area (Å²) in [4.78, 5) is 17.8. The number of hydrogen-bond acceptors (Lipinski definition) is 4. The minimum absolute atomic E-state index is 0.0517. The molecule has 2 aliphatic carbocycles. The number of carbonyl (C=O) groups is 1. The maximum atomic E-state index is 13.1. The van der Waals surface area contributed by atoms with Gasteiger partial charge in [-0.2, -0.15) is 0 Å². The van der Waals surface area contributed by atoms with Crippen molar-refractivity contribution in [2.24, 2.45) is 5.92 Å². The number of carbonyl (C=O) groups excluding carboxylic acids is 1. The van der Waals surface area contributed by atoms with Crippen LogP contribution < -0.4 is 4.74 Å². The molecule has 5 rings (SSSR count). The van der Waals surface area contributed by atoms with Crippen molar-refractivity contribution < 1.29 is 13.9 Å². The fourth-order valence-corrected chi connectivity index (χ4v) is 5.36. The third-order valence-electron chi connectivity index (χ3n) is 7.13. The van der Waals surface area contributed by atoms with Gasteiger partial charge in [0, 0.05) is 37.2 Å². The van der Waals surface area contributed by atoms with Gasteiger partial charge in [0.15, 0.2) is 0 Å². The maximum absolute atomic E-state index is 13.1. The van der Waals surface area contributed by atoms with Gasteiger partial charge in [0.25, 0.3) is 0 Å². The van der Waals surface area contributed by atoms with E-state index < -0.39 is 0 Å². The van der Waals surface area contributed by atoms with Crippen LogP contribution in [0.25, 0.3) is 6.08 Å². The molecule has 2 bridgehead atoms. The topological polar surface area (TPSA) is 45.9 Å². The number of likely N-dealkylation sites (N-methyl/N-ethyl adjacent to an activating group) is 1. The van der Waals surface area contributed by atoms with E-state index in [0.29, 0.717) is 12.0 Å². The van der Waals surface area contributed by atoms with Gasteiger partial charge in [-0.3, -0.25) is 9.69 Å². The van der Waals surface area contributed by atoms with Gasteiger partial charge in [0.1, 0.15) is 5.75 Å². The zero-order valence-electron chi connectivity index (χ0n) is 17.8. The number of amides is 1. The van der Waals surface area contributed by atoms with Gasteiger partial charge in [-0.15, -0.1) is 0 Å². The molecule has 0 radical (unpaired) electrons. The van der Waals surface area contributed by atoms with Crippen LogP contribution in [0.5, 0.6) is 5.75 Å². The van der Waals surface area contributed by atoms with Crippen molar-refractivity contribution in [3.05, 3.63) is 59.6 Å². The van der Waals surface area contributed by atoms with E-state index in [9.17, 15) is 4.79 Å². The van der Waals surface area contributed by atoms with Crippen molar-refractivity contribution in [2.45, 2.75) is 43.7 Å². The Morgan fingerprint density at radius 1 is 1.30 bits per heavy atom. The third-order valence-corrected chi connectivity index (χ3v) is 7.13. The van der Waals surface area contributed by atoms with Crippen molar-refractivity contribution in [2.75, 3.05) is 27.2 Å². The van der Waals surface area contributed by atoms with Crippen molar-refractivity contribution in [1.82, 2.24) is 9.80 Å². The number of ether oxygens (including phenoxy) is 1. The summed E-state index contributed by atoms with van der Waals surface area (Å²) in [6, 6.07) is 8.91. The highest BCUT2D eigenvalue weighted by Crippen LogP contribution is 2.44. The van der Waals surface area contributed by atoms with E-state index in [4.69, 9.17) is 9.15 Å². The smallest absolute Gasteiger partial charge is 0.246 e. The molecule has 3 aliphatic rings. The van der Waals surface area contributed by atoms with Crippen LogP contribution >= 0.6 is 0 Å². The Labute approximate surface area is 178 Å². The largest absolute Gasteiger partial charge is 0.497 e. The molecule has 5 nitrogen and oxygen atoms in total. The molecule has 1 aliphatic heterocycles. The first-order valence-corrected chi connectivity index (χ1v) is 11.0. The fraction of sp³-hybridized carbons (Fsp3) is 0.480. The highest BCUT2D eigenvalue weighted by atomic mass is 16.5. The van der Waals surface area contributed by atoms with Crippen molar-refractivity contribution in [1.29, 1.82) is 0 Å². The van der Waals surface area contributed by atoms with E-state index >= 15 is 0 Å². The number of piperidine rings is 1. The fourth-order valence-electron chi connectivity index (χ4n) is 5.36. The Morgan fingerprint density at radius 3 is 2.90 bits per heavy atom. The Hall–Kier alpha value is -2.53. The molecule has 0 N–H and O–H groups in total. The van der Waals surface area contributed by atoms with Gasteiger partial charge in [-0.05, 0) is 73.5 Å². The Morgan fingerprint density at radius 2 is 2.17 bits per heavy atom. The van der Waals surface area contributed by atoms with Crippen LogP contribution in [0.4, 0.5) is 0 Å². The molecule has 2 fully saturated rings. The Kier molecular flexibility index (Phi) is 5.15. The SMILES string of the molecule is COc1ccc2c(c1)C1CCN(CC3CC3)C(C2)C1N(C)C(=O)C=Cc1ccoc1. The van der Waals surface area contributed by atoms with Gasteiger partial charge in [-0.25, -0.2) is 0 Å². The predicted molar refractivity (Wildman–Crippen MR) is 116 cm³/mol. The molecule has 1 aromatic heterocycles. The number of furan rings is 1. The van der Waals surface area contributed by atoms with Gasteiger partial charge in [-0.1, -0.05) is 6.07 Å². The molecule has 5 heteroatoms. The monoisotopic (exact) mass is 406 g/mol. The van der Waals surface area contributed by atoms with Crippen LogP contribution in [0.1, 0.15) is 41.9 Å². The number of methoxy groups -OCH3 is 1. The highest BCUT2D eigenvalue weighted by molar-refractivity contribution is 5.92. The molecule has 3 unspecified atom stereocenters. The van der Waals surface area contributed by atoms with Crippen molar-refractivity contribution in [3.8, 4) is 5.75 Å². The average molecular weight is 407 g/mol. The van der Waals surface area contributed by atoms with Crippen LogP contribution in [0, 0.1) is 5.92 Å². The lowest BCUT2D eigenvalue weighted by Gasteiger charge is -2.52.